The van der Waals surface area contributed by atoms with Crippen molar-refractivity contribution in [2.24, 2.45) is 0 Å². The molecule has 2 atom stereocenters. The first-order valence-electron chi connectivity index (χ1n) is 40.2. The molecule has 0 fully saturated rings. The molecule has 0 heterocycles. The van der Waals surface area contributed by atoms with E-state index in [0.717, 1.165) is 51.4 Å². The molecular weight excluding hydrogens is 1080 g/mol. The Balaban J connectivity index is 3.32. The lowest BCUT2D eigenvalue weighted by Gasteiger charge is -2.22. The fourth-order valence-electron chi connectivity index (χ4n) is 12.8. The second-order valence-corrected chi connectivity index (χ2v) is 27.7. The van der Waals surface area contributed by atoms with Crippen LogP contribution in [0.2, 0.25) is 0 Å². The molecule has 0 rings (SSSR count). The summed E-state index contributed by atoms with van der Waals surface area (Å²) in [7, 11) is 0. The maximum absolute atomic E-state index is 12.5. The molecule has 0 saturated heterocycles. The number of allylic oxidation sites excluding steroid dienone is 6. The van der Waals surface area contributed by atoms with Crippen LogP contribution in [0.3, 0.4) is 0 Å². The third kappa shape index (κ3) is 73.1. The summed E-state index contributed by atoms with van der Waals surface area (Å²) < 4.78 is 5.51. The molecule has 0 aliphatic rings. The molecule has 1 amide bonds. The quantitative estimate of drug-likeness (QED) is 0.0320. The number of rotatable bonds is 76. The van der Waals surface area contributed by atoms with Crippen LogP contribution in [0.4, 0.5) is 0 Å². The molecule has 0 aliphatic heterocycles. The Bertz CT molecular complexity index is 1430. The number of aliphatic hydroxyl groups is 2. The summed E-state index contributed by atoms with van der Waals surface area (Å²) in [6.45, 7) is 4.97. The fourth-order valence-corrected chi connectivity index (χ4v) is 12.8. The van der Waals surface area contributed by atoms with Gasteiger partial charge in [-0.05, 0) is 83.5 Å². The topological polar surface area (TPSA) is 95.9 Å². The van der Waals surface area contributed by atoms with Crippen molar-refractivity contribution >= 4 is 11.9 Å². The predicted molar refractivity (Wildman–Crippen MR) is 389 cm³/mol. The van der Waals surface area contributed by atoms with Gasteiger partial charge in [0.2, 0.25) is 5.91 Å². The van der Waals surface area contributed by atoms with Crippen molar-refractivity contribution in [1.29, 1.82) is 0 Å². The number of ether oxygens (including phenoxy) is 1. The Morgan fingerprint density at radius 3 is 0.898 bits per heavy atom. The molecule has 6 heteroatoms. The van der Waals surface area contributed by atoms with Gasteiger partial charge in [0.15, 0.2) is 0 Å². The monoisotopic (exact) mass is 1240 g/mol. The number of carbonyl (C=O) groups is 2. The van der Waals surface area contributed by atoms with Gasteiger partial charge in [-0.3, -0.25) is 9.59 Å². The van der Waals surface area contributed by atoms with E-state index in [2.05, 4.69) is 55.6 Å². The minimum absolute atomic E-state index is 0.0143. The maximum atomic E-state index is 12.5. The average Bonchev–Trinajstić information content (AvgIpc) is 3.58. The summed E-state index contributed by atoms with van der Waals surface area (Å²) in [5.41, 5.74) is 0. The van der Waals surface area contributed by atoms with E-state index in [4.69, 9.17) is 4.74 Å². The van der Waals surface area contributed by atoms with Gasteiger partial charge in [0, 0.05) is 12.8 Å². The van der Waals surface area contributed by atoms with Crippen LogP contribution in [-0.4, -0.2) is 47.4 Å². The smallest absolute Gasteiger partial charge is 0.305 e. The van der Waals surface area contributed by atoms with Gasteiger partial charge in [0.25, 0.3) is 0 Å². The van der Waals surface area contributed by atoms with E-state index in [-0.39, 0.29) is 18.5 Å². The highest BCUT2D eigenvalue weighted by atomic mass is 16.5. The Morgan fingerprint density at radius 1 is 0.318 bits per heavy atom. The van der Waals surface area contributed by atoms with Crippen molar-refractivity contribution < 1.29 is 24.5 Å². The summed E-state index contributed by atoms with van der Waals surface area (Å²) in [4.78, 5) is 24.6. The second-order valence-electron chi connectivity index (χ2n) is 27.7. The molecule has 0 saturated carbocycles. The number of nitrogens with one attached hydrogen (secondary N) is 1. The normalized spacial score (nSPS) is 12.6. The highest BCUT2D eigenvalue weighted by Gasteiger charge is 2.20. The highest BCUT2D eigenvalue weighted by molar-refractivity contribution is 5.76. The third-order valence-electron chi connectivity index (χ3n) is 18.9. The van der Waals surface area contributed by atoms with Crippen molar-refractivity contribution in [1.82, 2.24) is 5.32 Å². The van der Waals surface area contributed by atoms with E-state index in [1.165, 1.54) is 366 Å². The molecule has 520 valence electrons. The molecular formula is C82H157NO5. The fraction of sp³-hybridized carbons (Fsp3) is 0.902. The van der Waals surface area contributed by atoms with Crippen LogP contribution < -0.4 is 5.32 Å². The Morgan fingerprint density at radius 2 is 0.568 bits per heavy atom. The van der Waals surface area contributed by atoms with Gasteiger partial charge in [0.1, 0.15) is 0 Å². The molecule has 0 aliphatic carbocycles. The Kier molecular flexibility index (Phi) is 75.8. The van der Waals surface area contributed by atoms with Crippen molar-refractivity contribution in [3.05, 3.63) is 36.5 Å². The van der Waals surface area contributed by atoms with Gasteiger partial charge in [0.05, 0.1) is 25.4 Å². The maximum Gasteiger partial charge on any atom is 0.305 e. The summed E-state index contributed by atoms with van der Waals surface area (Å²) in [5, 5.41) is 23.4. The standard InChI is InChI=1S/C82H157NO5/c1-3-5-7-9-11-13-15-17-19-42-46-50-54-58-62-66-70-74-80(85)79(78-84)83-81(86)75-71-67-63-59-55-51-47-44-40-38-36-34-32-30-28-26-24-22-21-23-25-27-29-31-33-35-37-39-41-45-49-53-57-61-65-69-73-77-88-82(87)76-72-68-64-60-56-52-48-43-20-18-16-14-12-10-8-6-4-2/h12,14,18,20-21,23,79-80,84-85H,3-11,13,15-17,19,22,24-78H2,1-2H3,(H,83,86)/b14-12-,20-18-,23-21-. The molecule has 2 unspecified atom stereocenters. The number of esters is 1. The van der Waals surface area contributed by atoms with E-state index in [1.807, 2.05) is 0 Å². The first-order valence-corrected chi connectivity index (χ1v) is 40.2. The molecule has 0 aromatic rings. The number of unbranched alkanes of at least 4 members (excludes halogenated alkanes) is 59. The van der Waals surface area contributed by atoms with Gasteiger partial charge in [-0.15, -0.1) is 0 Å². The van der Waals surface area contributed by atoms with E-state index in [1.54, 1.807) is 0 Å². The summed E-state index contributed by atoms with van der Waals surface area (Å²) in [5.74, 6) is -0.0126. The minimum Gasteiger partial charge on any atom is -0.466 e. The third-order valence-corrected chi connectivity index (χ3v) is 18.9. The summed E-state index contributed by atoms with van der Waals surface area (Å²) in [6.07, 6.45) is 101. The SMILES string of the molecule is CCCCC/C=C\C/C=C\CCCCCCCCCC(=O)OCCCCCCCCCCCCCCCCCC/C=C\CCCCCCCCCCCCCCCCCCCC(=O)NC(CO)C(O)CCCCCCCCCCCCCCCCCCC. The zero-order chi connectivity index (χ0) is 63.5. The molecule has 0 aromatic heterocycles. The van der Waals surface area contributed by atoms with Crippen LogP contribution in [0, 0.1) is 0 Å². The van der Waals surface area contributed by atoms with Crippen LogP contribution in [0.25, 0.3) is 0 Å². The van der Waals surface area contributed by atoms with Crippen LogP contribution in [0.5, 0.6) is 0 Å². The van der Waals surface area contributed by atoms with Gasteiger partial charge in [-0.2, -0.15) is 0 Å². The first-order chi connectivity index (χ1) is 43.5. The minimum atomic E-state index is -0.662. The molecule has 88 heavy (non-hydrogen) atoms. The van der Waals surface area contributed by atoms with Gasteiger partial charge in [-0.1, -0.05) is 391 Å². The largest absolute Gasteiger partial charge is 0.466 e. The summed E-state index contributed by atoms with van der Waals surface area (Å²) in [6, 6.07) is -0.539. The lowest BCUT2D eigenvalue weighted by molar-refractivity contribution is -0.143. The second kappa shape index (κ2) is 77.5. The number of aliphatic hydroxyl groups excluding tert-OH is 2. The van der Waals surface area contributed by atoms with E-state index in [9.17, 15) is 19.8 Å². The Labute approximate surface area is 551 Å². The number of amides is 1. The molecule has 0 radical (unpaired) electrons. The zero-order valence-corrected chi connectivity index (χ0v) is 59.7. The lowest BCUT2D eigenvalue weighted by atomic mass is 10.0. The number of hydrogen-bond donors (Lipinski definition) is 3. The van der Waals surface area contributed by atoms with Gasteiger partial charge in [-0.25, -0.2) is 0 Å². The molecule has 0 bridgehead atoms. The molecule has 6 nitrogen and oxygen atoms in total. The van der Waals surface area contributed by atoms with Crippen LogP contribution in [0.15, 0.2) is 36.5 Å². The molecule has 0 spiro atoms. The predicted octanol–water partition coefficient (Wildman–Crippen LogP) is 26.6. The Hall–Kier alpha value is -1.92. The number of hydrogen-bond acceptors (Lipinski definition) is 5. The van der Waals surface area contributed by atoms with Crippen molar-refractivity contribution in [2.75, 3.05) is 13.2 Å². The first kappa shape index (κ1) is 86.1. The van der Waals surface area contributed by atoms with E-state index < -0.39 is 12.1 Å². The molecule has 3 N–H and O–H groups in total. The zero-order valence-electron chi connectivity index (χ0n) is 59.7. The van der Waals surface area contributed by atoms with E-state index in [0.29, 0.717) is 25.9 Å². The van der Waals surface area contributed by atoms with Crippen LogP contribution >= 0.6 is 0 Å². The highest BCUT2D eigenvalue weighted by Crippen LogP contribution is 2.20. The van der Waals surface area contributed by atoms with Gasteiger partial charge >= 0.3 is 5.97 Å². The number of carbonyl (C=O) groups excluding carboxylic acids is 2. The summed E-state index contributed by atoms with van der Waals surface area (Å²) >= 11 is 0. The van der Waals surface area contributed by atoms with Crippen LogP contribution in [0.1, 0.15) is 450 Å². The van der Waals surface area contributed by atoms with Crippen molar-refractivity contribution in [3.63, 3.8) is 0 Å². The average molecular weight is 1240 g/mol. The van der Waals surface area contributed by atoms with Crippen molar-refractivity contribution in [2.45, 2.75) is 463 Å². The van der Waals surface area contributed by atoms with E-state index >= 15 is 0 Å². The van der Waals surface area contributed by atoms with Crippen LogP contribution in [-0.2, 0) is 14.3 Å². The lowest BCUT2D eigenvalue weighted by Crippen LogP contribution is -2.45. The van der Waals surface area contributed by atoms with Crippen molar-refractivity contribution in [3.8, 4) is 0 Å². The van der Waals surface area contributed by atoms with Gasteiger partial charge < -0.3 is 20.3 Å². The molecule has 0 aromatic carbocycles.